The molecule has 0 aromatic carbocycles. The smallest absolute Gasteiger partial charge is 0.182 e. The lowest BCUT2D eigenvalue weighted by Gasteiger charge is -2.35. The molecule has 1 aliphatic rings. The monoisotopic (exact) mass is 163 g/mol. The number of aliphatic hydroxyl groups is 3. The fourth-order valence-electron chi connectivity index (χ4n) is 1.17. The van der Waals surface area contributed by atoms with E-state index in [2.05, 4.69) is 10.1 Å². The summed E-state index contributed by atoms with van der Waals surface area (Å²) in [6, 6.07) is -0.515. The highest BCUT2D eigenvalue weighted by Gasteiger charge is 2.36. The lowest BCUT2D eigenvalue weighted by atomic mass is 10.0. The van der Waals surface area contributed by atoms with Crippen molar-refractivity contribution in [2.24, 2.45) is 0 Å². The number of hydrogen-bond donors (Lipinski definition) is 4. The summed E-state index contributed by atoms with van der Waals surface area (Å²) in [5.74, 6) is 0. The average Bonchev–Trinajstić information content (AvgIpc) is 1.99. The third-order valence-electron chi connectivity index (χ3n) is 1.85. The molecule has 0 radical (unpaired) electrons. The molecule has 0 aromatic rings. The topological polar surface area (TPSA) is 82.0 Å². The zero-order valence-electron chi connectivity index (χ0n) is 6.27. The molecule has 5 heteroatoms. The summed E-state index contributed by atoms with van der Waals surface area (Å²) >= 11 is 0. The van der Waals surface area contributed by atoms with E-state index in [1.54, 1.807) is 7.05 Å². The van der Waals surface area contributed by atoms with Crippen molar-refractivity contribution >= 4 is 0 Å². The standard InChI is InChI=1S/C6H13NO4/c1-7-4-3(8)2-11-6(10)5(4)9/h3-10H,2H2,1H3/t3-,4+,5-,6+/m1/s1. The Morgan fingerprint density at radius 2 is 2.00 bits per heavy atom. The minimum atomic E-state index is -1.20. The van der Waals surface area contributed by atoms with Crippen LogP contribution < -0.4 is 5.32 Å². The normalized spacial score (nSPS) is 45.8. The van der Waals surface area contributed by atoms with Crippen molar-refractivity contribution in [1.29, 1.82) is 0 Å². The summed E-state index contributed by atoms with van der Waals surface area (Å²) in [6.45, 7) is 0.0454. The van der Waals surface area contributed by atoms with Crippen LogP contribution in [0, 0.1) is 0 Å². The molecule has 0 aliphatic carbocycles. The van der Waals surface area contributed by atoms with E-state index in [1.807, 2.05) is 0 Å². The molecule has 0 saturated carbocycles. The molecule has 1 heterocycles. The zero-order chi connectivity index (χ0) is 8.43. The highest BCUT2D eigenvalue weighted by Crippen LogP contribution is 2.12. The third kappa shape index (κ3) is 1.69. The van der Waals surface area contributed by atoms with Crippen molar-refractivity contribution in [2.75, 3.05) is 13.7 Å². The van der Waals surface area contributed by atoms with Crippen LogP contribution in [0.2, 0.25) is 0 Å². The largest absolute Gasteiger partial charge is 0.389 e. The van der Waals surface area contributed by atoms with Crippen LogP contribution in [-0.4, -0.2) is 53.5 Å². The van der Waals surface area contributed by atoms with Gasteiger partial charge in [0.15, 0.2) is 6.29 Å². The molecule has 0 aromatic heterocycles. The molecule has 5 nitrogen and oxygen atoms in total. The number of likely N-dealkylation sites (N-methyl/N-ethyl adjacent to an activating group) is 1. The van der Waals surface area contributed by atoms with Crippen LogP contribution in [0.4, 0.5) is 0 Å². The first kappa shape index (κ1) is 8.89. The first-order valence-corrected chi connectivity index (χ1v) is 3.50. The summed E-state index contributed by atoms with van der Waals surface area (Å²) in [7, 11) is 1.61. The van der Waals surface area contributed by atoms with Gasteiger partial charge >= 0.3 is 0 Å². The molecular weight excluding hydrogens is 150 g/mol. The van der Waals surface area contributed by atoms with E-state index in [9.17, 15) is 10.2 Å². The lowest BCUT2D eigenvalue weighted by molar-refractivity contribution is -0.223. The third-order valence-corrected chi connectivity index (χ3v) is 1.85. The van der Waals surface area contributed by atoms with Gasteiger partial charge in [-0.2, -0.15) is 0 Å². The Hall–Kier alpha value is -0.200. The average molecular weight is 163 g/mol. The molecule has 0 spiro atoms. The van der Waals surface area contributed by atoms with Gasteiger partial charge in [-0.25, -0.2) is 0 Å². The van der Waals surface area contributed by atoms with Crippen molar-refractivity contribution in [3.8, 4) is 0 Å². The summed E-state index contributed by atoms with van der Waals surface area (Å²) in [5.41, 5.74) is 0. The van der Waals surface area contributed by atoms with Gasteiger partial charge in [0.05, 0.1) is 18.8 Å². The van der Waals surface area contributed by atoms with Gasteiger partial charge in [0.2, 0.25) is 0 Å². The minimum Gasteiger partial charge on any atom is -0.389 e. The minimum absolute atomic E-state index is 0.0454. The zero-order valence-corrected chi connectivity index (χ0v) is 6.27. The molecule has 1 aliphatic heterocycles. The van der Waals surface area contributed by atoms with Crippen LogP contribution >= 0.6 is 0 Å². The molecule has 4 N–H and O–H groups in total. The van der Waals surface area contributed by atoms with Crippen LogP contribution in [0.1, 0.15) is 0 Å². The van der Waals surface area contributed by atoms with Crippen LogP contribution in [0.15, 0.2) is 0 Å². The van der Waals surface area contributed by atoms with Crippen LogP contribution in [0.25, 0.3) is 0 Å². The second-order valence-corrected chi connectivity index (χ2v) is 2.60. The van der Waals surface area contributed by atoms with E-state index >= 15 is 0 Å². The molecular formula is C6H13NO4. The molecule has 1 saturated heterocycles. The van der Waals surface area contributed by atoms with E-state index in [1.165, 1.54) is 0 Å². The van der Waals surface area contributed by atoms with E-state index in [0.717, 1.165) is 0 Å². The Kier molecular flexibility index (Phi) is 2.80. The van der Waals surface area contributed by atoms with Gasteiger partial charge in [-0.1, -0.05) is 0 Å². The van der Waals surface area contributed by atoms with Gasteiger partial charge in [-0.3, -0.25) is 0 Å². The van der Waals surface area contributed by atoms with Gasteiger partial charge < -0.3 is 25.4 Å². The van der Waals surface area contributed by atoms with Crippen molar-refractivity contribution < 1.29 is 20.1 Å². The molecule has 0 amide bonds. The number of rotatable bonds is 1. The Morgan fingerprint density at radius 3 is 2.45 bits per heavy atom. The Balaban J connectivity index is 2.55. The summed E-state index contributed by atoms with van der Waals surface area (Å²) < 4.78 is 4.65. The van der Waals surface area contributed by atoms with Crippen LogP contribution in [-0.2, 0) is 4.74 Å². The Morgan fingerprint density at radius 1 is 1.36 bits per heavy atom. The molecule has 1 fully saturated rings. The quantitative estimate of drug-likeness (QED) is 0.348. The number of nitrogens with one attached hydrogen (secondary N) is 1. The predicted molar refractivity (Wildman–Crippen MR) is 36.8 cm³/mol. The predicted octanol–water partition coefficient (Wildman–Crippen LogP) is -2.36. The maximum Gasteiger partial charge on any atom is 0.182 e. The summed E-state index contributed by atoms with van der Waals surface area (Å²) in [6.07, 6.45) is -3.03. The van der Waals surface area contributed by atoms with E-state index in [-0.39, 0.29) is 6.61 Å². The van der Waals surface area contributed by atoms with Gasteiger partial charge in [0.1, 0.15) is 6.10 Å². The van der Waals surface area contributed by atoms with Gasteiger partial charge in [0, 0.05) is 0 Å². The van der Waals surface area contributed by atoms with Crippen molar-refractivity contribution in [1.82, 2.24) is 5.32 Å². The van der Waals surface area contributed by atoms with E-state index < -0.39 is 24.5 Å². The second-order valence-electron chi connectivity index (χ2n) is 2.60. The SMILES string of the molecule is CN[C@@H]1[C@@H](O)[C@@H](O)OC[C@H]1O. The molecule has 1 rings (SSSR count). The summed E-state index contributed by atoms with van der Waals surface area (Å²) in [5, 5.41) is 30.1. The molecule has 0 bridgehead atoms. The van der Waals surface area contributed by atoms with Crippen molar-refractivity contribution in [3.63, 3.8) is 0 Å². The first-order chi connectivity index (χ1) is 5.16. The lowest BCUT2D eigenvalue weighted by Crippen LogP contribution is -2.58. The fraction of sp³-hybridized carbons (Fsp3) is 1.00. The maximum atomic E-state index is 9.21. The maximum absolute atomic E-state index is 9.21. The van der Waals surface area contributed by atoms with Crippen LogP contribution in [0.3, 0.4) is 0 Å². The number of ether oxygens (including phenoxy) is 1. The second kappa shape index (κ2) is 3.46. The van der Waals surface area contributed by atoms with E-state index in [4.69, 9.17) is 5.11 Å². The molecule has 4 atom stereocenters. The Bertz CT molecular complexity index is 132. The molecule has 0 unspecified atom stereocenters. The van der Waals surface area contributed by atoms with Gasteiger partial charge in [0.25, 0.3) is 0 Å². The fourth-order valence-corrected chi connectivity index (χ4v) is 1.17. The molecule has 66 valence electrons. The highest BCUT2D eigenvalue weighted by molar-refractivity contribution is 4.86. The number of hydrogen-bond acceptors (Lipinski definition) is 5. The number of aliphatic hydroxyl groups excluding tert-OH is 3. The highest BCUT2D eigenvalue weighted by atomic mass is 16.6. The first-order valence-electron chi connectivity index (χ1n) is 3.50. The van der Waals surface area contributed by atoms with E-state index in [0.29, 0.717) is 0 Å². The van der Waals surface area contributed by atoms with Crippen molar-refractivity contribution in [2.45, 2.75) is 24.5 Å². The van der Waals surface area contributed by atoms with Crippen LogP contribution in [0.5, 0.6) is 0 Å². The summed E-state index contributed by atoms with van der Waals surface area (Å²) in [4.78, 5) is 0. The Labute approximate surface area is 64.6 Å². The van der Waals surface area contributed by atoms with Crippen molar-refractivity contribution in [3.05, 3.63) is 0 Å². The molecule has 11 heavy (non-hydrogen) atoms. The van der Waals surface area contributed by atoms with Gasteiger partial charge in [-0.15, -0.1) is 0 Å². The van der Waals surface area contributed by atoms with Gasteiger partial charge in [-0.05, 0) is 7.05 Å².